The zero-order chi connectivity index (χ0) is 16.8. The van der Waals surface area contributed by atoms with Gasteiger partial charge in [-0.25, -0.2) is 0 Å². The minimum Gasteiger partial charge on any atom is -0.492 e. The number of likely N-dealkylation sites (N-methyl/N-ethyl adjacent to an activating group) is 1. The maximum Gasteiger partial charge on any atom is 0.119 e. The molecule has 0 amide bonds. The first kappa shape index (κ1) is 16.9. The lowest BCUT2D eigenvalue weighted by atomic mass is 9.94. The van der Waals surface area contributed by atoms with E-state index in [0.717, 1.165) is 32.0 Å². The van der Waals surface area contributed by atoms with E-state index in [1.54, 1.807) is 0 Å². The standard InChI is InChI=1S/C20H27N3O/c1-22(13-14-24-19-8-4-3-5-9-19)16-18-10-12-23(2)20(18)17-7-6-11-21-15-17/h3-9,11,15,18,20H,10,12-14,16H2,1-2H3/t18-,20-/m0/s1. The molecule has 1 aromatic heterocycles. The van der Waals surface area contributed by atoms with E-state index >= 15 is 0 Å². The summed E-state index contributed by atoms with van der Waals surface area (Å²) >= 11 is 0. The van der Waals surface area contributed by atoms with E-state index in [2.05, 4.69) is 34.9 Å². The van der Waals surface area contributed by atoms with Crippen molar-refractivity contribution in [3.8, 4) is 5.75 Å². The second-order valence-electron chi connectivity index (χ2n) is 6.68. The third-order valence-electron chi connectivity index (χ3n) is 4.83. The zero-order valence-corrected chi connectivity index (χ0v) is 14.6. The van der Waals surface area contributed by atoms with Crippen LogP contribution in [0.2, 0.25) is 0 Å². The van der Waals surface area contributed by atoms with E-state index in [1.807, 2.05) is 48.8 Å². The van der Waals surface area contributed by atoms with Crippen molar-refractivity contribution >= 4 is 0 Å². The lowest BCUT2D eigenvalue weighted by Gasteiger charge is -2.28. The Balaban J connectivity index is 1.50. The van der Waals surface area contributed by atoms with Crippen LogP contribution in [0.1, 0.15) is 18.0 Å². The number of rotatable bonds is 7. The van der Waals surface area contributed by atoms with Gasteiger partial charge in [0.2, 0.25) is 0 Å². The molecule has 3 rings (SSSR count). The molecule has 0 aliphatic carbocycles. The highest BCUT2D eigenvalue weighted by atomic mass is 16.5. The second kappa shape index (κ2) is 8.27. The van der Waals surface area contributed by atoms with Gasteiger partial charge in [0, 0.05) is 31.5 Å². The van der Waals surface area contributed by atoms with Crippen molar-refractivity contribution in [2.24, 2.45) is 5.92 Å². The summed E-state index contributed by atoms with van der Waals surface area (Å²) in [6.07, 6.45) is 5.10. The molecule has 1 fully saturated rings. The van der Waals surface area contributed by atoms with E-state index in [9.17, 15) is 0 Å². The van der Waals surface area contributed by atoms with Gasteiger partial charge in [-0.15, -0.1) is 0 Å². The molecule has 4 heteroatoms. The quantitative estimate of drug-likeness (QED) is 0.782. The molecule has 1 aromatic carbocycles. The summed E-state index contributed by atoms with van der Waals surface area (Å²) in [6, 6.07) is 14.7. The van der Waals surface area contributed by atoms with Crippen LogP contribution in [0.15, 0.2) is 54.9 Å². The molecule has 4 nitrogen and oxygen atoms in total. The number of hydrogen-bond donors (Lipinski definition) is 0. The molecule has 2 heterocycles. The molecule has 1 aliphatic heterocycles. The predicted molar refractivity (Wildman–Crippen MR) is 97.1 cm³/mol. The minimum atomic E-state index is 0.469. The molecular weight excluding hydrogens is 298 g/mol. The molecule has 0 bridgehead atoms. The first-order valence-corrected chi connectivity index (χ1v) is 8.70. The minimum absolute atomic E-state index is 0.469. The Morgan fingerprint density at radius 1 is 1.21 bits per heavy atom. The summed E-state index contributed by atoms with van der Waals surface area (Å²) in [6.45, 7) is 3.90. The maximum atomic E-state index is 5.81. The van der Waals surface area contributed by atoms with Gasteiger partial charge in [0.05, 0.1) is 0 Å². The molecule has 2 atom stereocenters. The van der Waals surface area contributed by atoms with Gasteiger partial charge in [0.1, 0.15) is 12.4 Å². The Morgan fingerprint density at radius 2 is 2.04 bits per heavy atom. The topological polar surface area (TPSA) is 28.6 Å². The van der Waals surface area contributed by atoms with Crippen molar-refractivity contribution < 1.29 is 4.74 Å². The number of likely N-dealkylation sites (tertiary alicyclic amines) is 1. The highest BCUT2D eigenvalue weighted by Crippen LogP contribution is 2.35. The Morgan fingerprint density at radius 3 is 2.79 bits per heavy atom. The number of nitrogens with zero attached hydrogens (tertiary/aromatic N) is 3. The maximum absolute atomic E-state index is 5.81. The molecular formula is C20H27N3O. The Bertz CT molecular complexity index is 605. The number of pyridine rings is 1. The molecule has 1 saturated heterocycles. The summed E-state index contributed by atoms with van der Waals surface area (Å²) in [5, 5.41) is 0. The average Bonchev–Trinajstić information content (AvgIpc) is 2.97. The highest BCUT2D eigenvalue weighted by Gasteiger charge is 2.33. The van der Waals surface area contributed by atoms with Gasteiger partial charge < -0.3 is 9.64 Å². The van der Waals surface area contributed by atoms with E-state index in [1.165, 1.54) is 12.0 Å². The highest BCUT2D eigenvalue weighted by molar-refractivity contribution is 5.21. The van der Waals surface area contributed by atoms with Gasteiger partial charge in [-0.2, -0.15) is 0 Å². The van der Waals surface area contributed by atoms with Gasteiger partial charge in [0.15, 0.2) is 0 Å². The summed E-state index contributed by atoms with van der Waals surface area (Å²) in [7, 11) is 4.41. The molecule has 0 saturated carbocycles. The normalized spacial score (nSPS) is 21.3. The molecule has 2 aromatic rings. The second-order valence-corrected chi connectivity index (χ2v) is 6.68. The van der Waals surface area contributed by atoms with Crippen LogP contribution in [0.25, 0.3) is 0 Å². The van der Waals surface area contributed by atoms with Gasteiger partial charge >= 0.3 is 0 Å². The lowest BCUT2D eigenvalue weighted by Crippen LogP contribution is -2.32. The van der Waals surface area contributed by atoms with Crippen LogP contribution in [0.3, 0.4) is 0 Å². The first-order valence-electron chi connectivity index (χ1n) is 8.70. The van der Waals surface area contributed by atoms with Crippen molar-refractivity contribution in [1.29, 1.82) is 0 Å². The van der Waals surface area contributed by atoms with Crippen LogP contribution >= 0.6 is 0 Å². The SMILES string of the molecule is CN(CCOc1ccccc1)C[C@@H]1CCN(C)[C@H]1c1cccnc1. The van der Waals surface area contributed by atoms with E-state index < -0.39 is 0 Å². The largest absolute Gasteiger partial charge is 0.492 e. The van der Waals surface area contributed by atoms with Crippen LogP contribution in [0, 0.1) is 5.92 Å². The Labute approximate surface area is 145 Å². The summed E-state index contributed by atoms with van der Waals surface area (Å²) in [4.78, 5) is 9.14. The molecule has 0 radical (unpaired) electrons. The fourth-order valence-electron chi connectivity index (χ4n) is 3.62. The number of ether oxygens (including phenoxy) is 1. The molecule has 24 heavy (non-hydrogen) atoms. The number of para-hydroxylation sites is 1. The van der Waals surface area contributed by atoms with Crippen LogP contribution in [0.5, 0.6) is 5.75 Å². The number of hydrogen-bond acceptors (Lipinski definition) is 4. The van der Waals surface area contributed by atoms with Crippen LogP contribution in [-0.4, -0.2) is 55.1 Å². The monoisotopic (exact) mass is 325 g/mol. The van der Waals surface area contributed by atoms with Gasteiger partial charge in [-0.1, -0.05) is 24.3 Å². The predicted octanol–water partition coefficient (Wildman–Crippen LogP) is 3.09. The fourth-order valence-corrected chi connectivity index (χ4v) is 3.62. The lowest BCUT2D eigenvalue weighted by molar-refractivity contribution is 0.190. The first-order chi connectivity index (χ1) is 11.7. The zero-order valence-electron chi connectivity index (χ0n) is 14.6. The smallest absolute Gasteiger partial charge is 0.119 e. The molecule has 128 valence electrons. The van der Waals surface area contributed by atoms with Crippen molar-refractivity contribution in [1.82, 2.24) is 14.8 Å². The third-order valence-corrected chi connectivity index (χ3v) is 4.83. The van der Waals surface area contributed by atoms with E-state index in [0.29, 0.717) is 12.0 Å². The van der Waals surface area contributed by atoms with Crippen LogP contribution in [-0.2, 0) is 0 Å². The van der Waals surface area contributed by atoms with Gasteiger partial charge in [-0.3, -0.25) is 9.88 Å². The number of benzene rings is 1. The molecule has 1 aliphatic rings. The van der Waals surface area contributed by atoms with Crippen molar-refractivity contribution in [3.05, 3.63) is 60.4 Å². The Hall–Kier alpha value is -1.91. The summed E-state index contributed by atoms with van der Waals surface area (Å²) in [5.41, 5.74) is 1.33. The van der Waals surface area contributed by atoms with Crippen LogP contribution in [0.4, 0.5) is 0 Å². The molecule has 0 unspecified atom stereocenters. The van der Waals surface area contributed by atoms with E-state index in [4.69, 9.17) is 4.74 Å². The van der Waals surface area contributed by atoms with E-state index in [-0.39, 0.29) is 0 Å². The van der Waals surface area contributed by atoms with Gasteiger partial charge in [0.25, 0.3) is 0 Å². The summed E-state index contributed by atoms with van der Waals surface area (Å²) in [5.74, 6) is 1.58. The van der Waals surface area contributed by atoms with Crippen molar-refractivity contribution in [2.45, 2.75) is 12.5 Å². The fraction of sp³-hybridized carbons (Fsp3) is 0.450. The molecule has 0 spiro atoms. The van der Waals surface area contributed by atoms with Gasteiger partial charge in [-0.05, 0) is 56.7 Å². The molecule has 0 N–H and O–H groups in total. The van der Waals surface area contributed by atoms with Crippen molar-refractivity contribution in [2.75, 3.05) is 40.3 Å². The van der Waals surface area contributed by atoms with Crippen molar-refractivity contribution in [3.63, 3.8) is 0 Å². The number of aromatic nitrogens is 1. The van der Waals surface area contributed by atoms with Crippen LogP contribution < -0.4 is 4.74 Å². The Kier molecular flexibility index (Phi) is 5.83. The average molecular weight is 325 g/mol. The third kappa shape index (κ3) is 4.34. The summed E-state index contributed by atoms with van der Waals surface area (Å²) < 4.78 is 5.81.